The van der Waals surface area contributed by atoms with E-state index in [-0.39, 0.29) is 12.8 Å². The van der Waals surface area contributed by atoms with Crippen molar-refractivity contribution in [2.45, 2.75) is 77.9 Å². The van der Waals surface area contributed by atoms with Crippen molar-refractivity contribution < 1.29 is 24.2 Å². The van der Waals surface area contributed by atoms with Crippen LogP contribution in [-0.4, -0.2) is 34.6 Å². The smallest absolute Gasteiger partial charge is 0.326 e. The molecular weight excluding hydrogens is 358 g/mol. The molecule has 2 unspecified atom stereocenters. The van der Waals surface area contributed by atoms with Gasteiger partial charge in [-0.25, -0.2) is 4.79 Å². The summed E-state index contributed by atoms with van der Waals surface area (Å²) in [6.07, 6.45) is 3.40. The highest BCUT2D eigenvalue weighted by molar-refractivity contribution is 5.87. The fraction of sp³-hybridized carbons (Fsp3) is 0.591. The van der Waals surface area contributed by atoms with Crippen molar-refractivity contribution in [1.82, 2.24) is 5.32 Å². The number of unbranched alkanes of at least 4 members (excludes halogenated alkanes) is 2. The van der Waals surface area contributed by atoms with Gasteiger partial charge in [-0.15, -0.1) is 0 Å². The minimum atomic E-state index is -1.10. The van der Waals surface area contributed by atoms with Crippen LogP contribution in [0, 0.1) is 5.92 Å². The second-order valence-electron chi connectivity index (χ2n) is 8.07. The minimum Gasteiger partial charge on any atom is -0.480 e. The van der Waals surface area contributed by atoms with Gasteiger partial charge in [0, 0.05) is 12.3 Å². The summed E-state index contributed by atoms with van der Waals surface area (Å²) in [4.78, 5) is 36.6. The molecule has 6 nitrogen and oxygen atoms in total. The number of ether oxygens (including phenoxy) is 1. The highest BCUT2D eigenvalue weighted by atomic mass is 16.6. The summed E-state index contributed by atoms with van der Waals surface area (Å²) in [6.45, 7) is 7.38. The predicted molar refractivity (Wildman–Crippen MR) is 108 cm³/mol. The van der Waals surface area contributed by atoms with Crippen LogP contribution in [-0.2, 0) is 25.5 Å². The van der Waals surface area contributed by atoms with Crippen molar-refractivity contribution in [3.05, 3.63) is 35.9 Å². The number of hydrogen-bond acceptors (Lipinski definition) is 4. The third-order valence-corrected chi connectivity index (χ3v) is 4.26. The Bertz CT molecular complexity index is 636. The first kappa shape index (κ1) is 23.7. The molecule has 0 spiro atoms. The number of esters is 1. The average molecular weight is 392 g/mol. The lowest BCUT2D eigenvalue weighted by atomic mass is 9.95. The first-order chi connectivity index (χ1) is 13.1. The molecule has 6 heteroatoms. The fourth-order valence-electron chi connectivity index (χ4n) is 2.89. The van der Waals surface area contributed by atoms with Crippen LogP contribution in [0.1, 0.15) is 65.4 Å². The Morgan fingerprint density at radius 1 is 1.11 bits per heavy atom. The van der Waals surface area contributed by atoms with Crippen LogP contribution in [0.15, 0.2) is 30.3 Å². The third kappa shape index (κ3) is 9.53. The third-order valence-electron chi connectivity index (χ3n) is 4.26. The minimum absolute atomic E-state index is 0.0511. The van der Waals surface area contributed by atoms with Crippen LogP contribution in [0.3, 0.4) is 0 Å². The monoisotopic (exact) mass is 391 g/mol. The molecule has 0 radical (unpaired) electrons. The summed E-state index contributed by atoms with van der Waals surface area (Å²) in [5, 5.41) is 12.1. The molecule has 0 aliphatic heterocycles. The molecule has 2 N–H and O–H groups in total. The molecule has 0 saturated carbocycles. The molecule has 1 rings (SSSR count). The number of carbonyl (C=O) groups is 3. The molecule has 0 aliphatic rings. The normalized spacial score (nSPS) is 13.4. The highest BCUT2D eigenvalue weighted by Gasteiger charge is 2.28. The zero-order valence-electron chi connectivity index (χ0n) is 17.4. The Kier molecular flexibility index (Phi) is 9.69. The molecule has 1 aromatic carbocycles. The first-order valence-electron chi connectivity index (χ1n) is 9.91. The van der Waals surface area contributed by atoms with Crippen LogP contribution in [0.5, 0.6) is 0 Å². The van der Waals surface area contributed by atoms with Gasteiger partial charge in [-0.1, -0.05) is 56.5 Å². The van der Waals surface area contributed by atoms with E-state index in [1.54, 1.807) is 20.8 Å². The zero-order valence-corrected chi connectivity index (χ0v) is 17.4. The van der Waals surface area contributed by atoms with Crippen LogP contribution >= 0.6 is 0 Å². The molecular formula is C22H33NO5. The number of amides is 1. The van der Waals surface area contributed by atoms with E-state index >= 15 is 0 Å². The Hall–Kier alpha value is -2.37. The molecule has 0 aliphatic carbocycles. The molecule has 156 valence electrons. The molecule has 0 fully saturated rings. The van der Waals surface area contributed by atoms with Gasteiger partial charge in [-0.3, -0.25) is 9.59 Å². The van der Waals surface area contributed by atoms with Crippen LogP contribution in [0.2, 0.25) is 0 Å². The van der Waals surface area contributed by atoms with Crippen molar-refractivity contribution in [3.8, 4) is 0 Å². The molecule has 0 aromatic heterocycles. The van der Waals surface area contributed by atoms with Crippen LogP contribution < -0.4 is 5.32 Å². The van der Waals surface area contributed by atoms with Crippen molar-refractivity contribution in [2.24, 2.45) is 5.92 Å². The summed E-state index contributed by atoms with van der Waals surface area (Å²) < 4.78 is 5.34. The second-order valence-corrected chi connectivity index (χ2v) is 8.07. The standard InChI is InChI=1S/C22H33NO5/c1-5-6-8-13-17(15-19(24)28-22(2,3)4)20(25)23-18(21(26)27)14-16-11-9-7-10-12-16/h7,9-12,17-18H,5-6,8,13-15H2,1-4H3,(H,23,25)(H,26,27). The lowest BCUT2D eigenvalue weighted by Crippen LogP contribution is -2.45. The van der Waals surface area contributed by atoms with Gasteiger partial charge < -0.3 is 15.2 Å². The molecule has 1 aromatic rings. The topological polar surface area (TPSA) is 92.7 Å². The lowest BCUT2D eigenvalue weighted by molar-refractivity contribution is -0.157. The Labute approximate surface area is 167 Å². The number of carbonyl (C=O) groups excluding carboxylic acids is 2. The van der Waals surface area contributed by atoms with Gasteiger partial charge in [0.15, 0.2) is 0 Å². The van der Waals surface area contributed by atoms with Gasteiger partial charge in [0.25, 0.3) is 0 Å². The van der Waals surface area contributed by atoms with E-state index in [2.05, 4.69) is 12.2 Å². The summed E-state index contributed by atoms with van der Waals surface area (Å²) >= 11 is 0. The molecule has 1 amide bonds. The molecule has 2 atom stereocenters. The lowest BCUT2D eigenvalue weighted by Gasteiger charge is -2.23. The van der Waals surface area contributed by atoms with Crippen molar-refractivity contribution in [3.63, 3.8) is 0 Å². The largest absolute Gasteiger partial charge is 0.480 e. The van der Waals surface area contributed by atoms with E-state index in [1.165, 1.54) is 0 Å². The van der Waals surface area contributed by atoms with Crippen LogP contribution in [0.25, 0.3) is 0 Å². The van der Waals surface area contributed by atoms with Gasteiger partial charge in [0.05, 0.1) is 6.42 Å². The highest BCUT2D eigenvalue weighted by Crippen LogP contribution is 2.18. The van der Waals surface area contributed by atoms with Gasteiger partial charge in [-0.05, 0) is 32.8 Å². The van der Waals surface area contributed by atoms with Crippen LogP contribution in [0.4, 0.5) is 0 Å². The van der Waals surface area contributed by atoms with Gasteiger partial charge >= 0.3 is 11.9 Å². The second kappa shape index (κ2) is 11.5. The van der Waals surface area contributed by atoms with E-state index in [9.17, 15) is 19.5 Å². The number of carboxylic acids is 1. The number of hydrogen-bond donors (Lipinski definition) is 2. The Morgan fingerprint density at radius 3 is 2.29 bits per heavy atom. The maximum atomic E-state index is 12.8. The quantitative estimate of drug-likeness (QED) is 0.443. The maximum Gasteiger partial charge on any atom is 0.326 e. The molecule has 28 heavy (non-hydrogen) atoms. The van der Waals surface area contributed by atoms with Crippen molar-refractivity contribution in [1.29, 1.82) is 0 Å². The van der Waals surface area contributed by atoms with Gasteiger partial charge in [0.1, 0.15) is 11.6 Å². The van der Waals surface area contributed by atoms with Crippen molar-refractivity contribution in [2.75, 3.05) is 0 Å². The number of nitrogens with one attached hydrogen (secondary N) is 1. The Morgan fingerprint density at radius 2 is 1.75 bits per heavy atom. The van der Waals surface area contributed by atoms with Gasteiger partial charge in [-0.2, -0.15) is 0 Å². The maximum absolute atomic E-state index is 12.8. The molecule has 0 bridgehead atoms. The predicted octanol–water partition coefficient (Wildman–Crippen LogP) is 3.73. The molecule has 0 heterocycles. The first-order valence-corrected chi connectivity index (χ1v) is 9.91. The van der Waals surface area contributed by atoms with E-state index in [1.807, 2.05) is 30.3 Å². The summed E-state index contributed by atoms with van der Waals surface area (Å²) in [7, 11) is 0. The summed E-state index contributed by atoms with van der Waals surface area (Å²) in [5.41, 5.74) is 0.197. The summed E-state index contributed by atoms with van der Waals surface area (Å²) in [5.74, 6) is -2.55. The Balaban J connectivity index is 2.80. The molecule has 0 saturated heterocycles. The van der Waals surface area contributed by atoms with E-state index in [0.717, 1.165) is 24.8 Å². The van der Waals surface area contributed by atoms with E-state index in [4.69, 9.17) is 4.74 Å². The SMILES string of the molecule is CCCCCC(CC(=O)OC(C)(C)C)C(=O)NC(Cc1ccccc1)C(=O)O. The fourth-order valence-corrected chi connectivity index (χ4v) is 2.89. The number of carboxylic acid groups (broad SMARTS) is 1. The zero-order chi connectivity index (χ0) is 21.2. The van der Waals surface area contributed by atoms with E-state index in [0.29, 0.717) is 6.42 Å². The van der Waals surface area contributed by atoms with E-state index < -0.39 is 35.4 Å². The van der Waals surface area contributed by atoms with Gasteiger partial charge in [0.2, 0.25) is 5.91 Å². The number of rotatable bonds is 11. The average Bonchev–Trinajstić information content (AvgIpc) is 2.59. The number of benzene rings is 1. The van der Waals surface area contributed by atoms with Crippen molar-refractivity contribution >= 4 is 17.8 Å². The summed E-state index contributed by atoms with van der Waals surface area (Å²) in [6, 6.07) is 8.10. The number of aliphatic carboxylic acids is 1.